The normalized spacial score (nSPS) is 16.6. The molecule has 1 aliphatic heterocycles. The third-order valence-electron chi connectivity index (χ3n) is 3.91. The number of benzene rings is 2. The second-order valence-corrected chi connectivity index (χ2v) is 7.27. The quantitative estimate of drug-likeness (QED) is 0.588. The summed E-state index contributed by atoms with van der Waals surface area (Å²) in [5, 5.41) is 18.9. The minimum absolute atomic E-state index is 0.0422. The molecule has 3 rings (SSSR count). The molecule has 8 heteroatoms. The van der Waals surface area contributed by atoms with E-state index in [9.17, 15) is 24.6 Å². The van der Waals surface area contributed by atoms with Gasteiger partial charge < -0.3 is 10.2 Å². The molecule has 0 saturated carbocycles. The van der Waals surface area contributed by atoms with Crippen LogP contribution in [0.4, 0.5) is 0 Å². The fourth-order valence-electron chi connectivity index (χ4n) is 2.70. The molecule has 2 N–H and O–H groups in total. The average molecular weight is 399 g/mol. The summed E-state index contributed by atoms with van der Waals surface area (Å²) in [5.41, 5.74) is 0.811. The van der Waals surface area contributed by atoms with Crippen molar-refractivity contribution in [2.45, 2.75) is 6.04 Å². The Balaban J connectivity index is 2.00. The number of carboxylic acid groups (broad SMARTS) is 2. The predicted octanol–water partition coefficient (Wildman–Crippen LogP) is 3.41. The molecule has 1 aliphatic rings. The topological polar surface area (TPSA) is 94.9 Å². The van der Waals surface area contributed by atoms with Crippen molar-refractivity contribution in [2.24, 2.45) is 0 Å². The summed E-state index contributed by atoms with van der Waals surface area (Å²) in [6.07, 6.45) is 1.42. The molecule has 0 aromatic heterocycles. The minimum atomic E-state index is -1.25. The van der Waals surface area contributed by atoms with E-state index < -0.39 is 23.9 Å². The lowest BCUT2D eigenvalue weighted by Gasteiger charge is -2.23. The molecule has 1 fully saturated rings. The van der Waals surface area contributed by atoms with Crippen LogP contribution in [0.1, 0.15) is 27.5 Å². The molecule has 2 aromatic carbocycles. The zero-order chi connectivity index (χ0) is 19.6. The van der Waals surface area contributed by atoms with Gasteiger partial charge in [-0.1, -0.05) is 72.5 Å². The molecule has 0 radical (unpaired) electrons. The Morgan fingerprint density at radius 1 is 1.04 bits per heavy atom. The van der Waals surface area contributed by atoms with Crippen LogP contribution in [0.25, 0.3) is 6.08 Å². The number of nitrogens with zero attached hydrogens (tertiary/aromatic N) is 1. The zero-order valence-electron chi connectivity index (χ0n) is 13.7. The van der Waals surface area contributed by atoms with Gasteiger partial charge in [-0.25, -0.2) is 9.59 Å². The van der Waals surface area contributed by atoms with Gasteiger partial charge in [0.2, 0.25) is 0 Å². The van der Waals surface area contributed by atoms with Crippen molar-refractivity contribution in [1.29, 1.82) is 0 Å². The van der Waals surface area contributed by atoms with Crippen LogP contribution >= 0.6 is 24.0 Å². The Kier molecular flexibility index (Phi) is 5.38. The van der Waals surface area contributed by atoms with E-state index in [1.54, 1.807) is 48.5 Å². The van der Waals surface area contributed by atoms with Crippen LogP contribution in [-0.2, 0) is 9.59 Å². The lowest BCUT2D eigenvalue weighted by molar-refractivity contribution is -0.145. The molecule has 0 bridgehead atoms. The highest BCUT2D eigenvalue weighted by molar-refractivity contribution is 8.26. The first-order valence-electron chi connectivity index (χ1n) is 7.77. The van der Waals surface area contributed by atoms with E-state index in [1.807, 2.05) is 0 Å². The van der Waals surface area contributed by atoms with Crippen LogP contribution in [0.2, 0.25) is 0 Å². The van der Waals surface area contributed by atoms with Crippen LogP contribution < -0.4 is 0 Å². The van der Waals surface area contributed by atoms with E-state index in [0.717, 1.165) is 16.7 Å². The Labute approximate surface area is 164 Å². The van der Waals surface area contributed by atoms with E-state index in [2.05, 4.69) is 0 Å². The average Bonchev–Trinajstić information content (AvgIpc) is 2.91. The van der Waals surface area contributed by atoms with Gasteiger partial charge in [-0.2, -0.15) is 0 Å². The van der Waals surface area contributed by atoms with Crippen LogP contribution in [0.15, 0.2) is 59.5 Å². The molecule has 2 aromatic rings. The fraction of sp³-hybridized carbons (Fsp3) is 0.0526. The summed E-state index contributed by atoms with van der Waals surface area (Å²) < 4.78 is 0.107. The Morgan fingerprint density at radius 2 is 1.67 bits per heavy atom. The van der Waals surface area contributed by atoms with Crippen LogP contribution in [0.3, 0.4) is 0 Å². The molecule has 1 amide bonds. The number of amides is 1. The largest absolute Gasteiger partial charge is 0.479 e. The SMILES string of the molecule is O=C(O)c1ccccc1/C=C1/SC(=S)N(C(C(=O)O)c2ccccc2)C1=O. The van der Waals surface area contributed by atoms with E-state index in [-0.39, 0.29) is 14.8 Å². The maximum Gasteiger partial charge on any atom is 0.336 e. The van der Waals surface area contributed by atoms with E-state index >= 15 is 0 Å². The number of hydrogen-bond acceptors (Lipinski definition) is 5. The van der Waals surface area contributed by atoms with E-state index in [4.69, 9.17) is 12.2 Å². The number of thioether (sulfide) groups is 1. The fourth-order valence-corrected chi connectivity index (χ4v) is 4.00. The van der Waals surface area contributed by atoms with Crippen molar-refractivity contribution in [3.05, 3.63) is 76.2 Å². The first-order chi connectivity index (χ1) is 12.9. The highest BCUT2D eigenvalue weighted by Gasteiger charge is 2.41. The van der Waals surface area contributed by atoms with Gasteiger partial charge in [-0.3, -0.25) is 9.69 Å². The second-order valence-electron chi connectivity index (χ2n) is 5.60. The first-order valence-corrected chi connectivity index (χ1v) is 8.99. The Hall–Kier alpha value is -2.97. The van der Waals surface area contributed by atoms with Crippen LogP contribution in [-0.4, -0.2) is 37.3 Å². The number of rotatable bonds is 5. The lowest BCUT2D eigenvalue weighted by atomic mass is 10.1. The number of aromatic carboxylic acids is 1. The standard InChI is InChI=1S/C19H13NO5S2/c21-16-14(10-12-8-4-5-9-13(12)17(22)23)27-19(26)20(16)15(18(24)25)11-6-2-1-3-7-11/h1-10,15H,(H,22,23)(H,24,25)/b14-10+. The number of aliphatic carboxylic acids is 1. The molecule has 0 spiro atoms. The summed E-state index contributed by atoms with van der Waals surface area (Å²) in [5.74, 6) is -2.89. The molecule has 6 nitrogen and oxygen atoms in total. The van der Waals surface area contributed by atoms with Gasteiger partial charge in [0, 0.05) is 0 Å². The maximum atomic E-state index is 12.9. The van der Waals surface area contributed by atoms with Gasteiger partial charge in [0.1, 0.15) is 4.32 Å². The van der Waals surface area contributed by atoms with Gasteiger partial charge in [0.25, 0.3) is 5.91 Å². The number of thiocarbonyl (C=S) groups is 1. The summed E-state index contributed by atoms with van der Waals surface area (Å²) in [6, 6.07) is 13.3. The van der Waals surface area contributed by atoms with Crippen molar-refractivity contribution in [2.75, 3.05) is 0 Å². The summed E-state index contributed by atoms with van der Waals surface area (Å²) >= 11 is 6.19. The first kappa shape index (κ1) is 18.8. The van der Waals surface area contributed by atoms with Crippen molar-refractivity contribution >= 4 is 52.2 Å². The van der Waals surface area contributed by atoms with Gasteiger partial charge >= 0.3 is 11.9 Å². The third-order valence-corrected chi connectivity index (χ3v) is 5.24. The number of carboxylic acids is 2. The molecular weight excluding hydrogens is 386 g/mol. The monoisotopic (exact) mass is 399 g/mol. The van der Waals surface area contributed by atoms with Crippen molar-refractivity contribution < 1.29 is 24.6 Å². The molecule has 1 unspecified atom stereocenters. The highest BCUT2D eigenvalue weighted by atomic mass is 32.2. The van der Waals surface area contributed by atoms with E-state index in [0.29, 0.717) is 11.1 Å². The van der Waals surface area contributed by atoms with Gasteiger partial charge in [0.05, 0.1) is 10.5 Å². The molecule has 1 atom stereocenters. The molecule has 1 heterocycles. The number of carbonyl (C=O) groups is 3. The van der Waals surface area contributed by atoms with Crippen LogP contribution in [0.5, 0.6) is 0 Å². The highest BCUT2D eigenvalue weighted by Crippen LogP contribution is 2.38. The lowest BCUT2D eigenvalue weighted by Crippen LogP contribution is -2.37. The summed E-state index contributed by atoms with van der Waals surface area (Å²) in [4.78, 5) is 37.3. The Morgan fingerprint density at radius 3 is 2.30 bits per heavy atom. The summed E-state index contributed by atoms with van der Waals surface area (Å²) in [6.45, 7) is 0. The summed E-state index contributed by atoms with van der Waals surface area (Å²) in [7, 11) is 0. The third kappa shape index (κ3) is 3.76. The Bertz CT molecular complexity index is 971. The van der Waals surface area contributed by atoms with Crippen molar-refractivity contribution in [1.82, 2.24) is 4.90 Å². The molecule has 136 valence electrons. The number of hydrogen-bond donors (Lipinski definition) is 2. The maximum absolute atomic E-state index is 12.9. The molecule has 27 heavy (non-hydrogen) atoms. The zero-order valence-corrected chi connectivity index (χ0v) is 15.4. The minimum Gasteiger partial charge on any atom is -0.479 e. The molecule has 0 aliphatic carbocycles. The van der Waals surface area contributed by atoms with E-state index in [1.165, 1.54) is 12.1 Å². The molecule has 1 saturated heterocycles. The van der Waals surface area contributed by atoms with Crippen molar-refractivity contribution in [3.8, 4) is 0 Å². The molecular formula is C19H13NO5S2. The smallest absolute Gasteiger partial charge is 0.336 e. The van der Waals surface area contributed by atoms with Crippen LogP contribution in [0, 0.1) is 0 Å². The van der Waals surface area contributed by atoms with Crippen molar-refractivity contribution in [3.63, 3.8) is 0 Å². The number of carbonyl (C=O) groups excluding carboxylic acids is 1. The van der Waals surface area contributed by atoms with Gasteiger partial charge in [-0.15, -0.1) is 0 Å². The predicted molar refractivity (Wildman–Crippen MR) is 105 cm³/mol. The van der Waals surface area contributed by atoms with Gasteiger partial charge in [-0.05, 0) is 23.3 Å². The van der Waals surface area contributed by atoms with Gasteiger partial charge in [0.15, 0.2) is 6.04 Å². The second kappa shape index (κ2) is 7.73.